The fraction of sp³-hybridized carbons (Fsp3) is 0.400. The van der Waals surface area contributed by atoms with Crippen molar-refractivity contribution in [1.29, 1.82) is 0 Å². The number of carbonyl (C=O) groups excluding carboxylic acids is 3. The monoisotopic (exact) mass is 289 g/mol. The molecule has 0 bridgehead atoms. The van der Waals surface area contributed by atoms with E-state index >= 15 is 0 Å². The van der Waals surface area contributed by atoms with Gasteiger partial charge in [-0.2, -0.15) is 0 Å². The third-order valence-corrected chi connectivity index (χ3v) is 3.84. The third kappa shape index (κ3) is 2.21. The maximum absolute atomic E-state index is 12.2. The summed E-state index contributed by atoms with van der Waals surface area (Å²) >= 11 is 0. The number of fused-ring (bicyclic) bond motifs is 1. The van der Waals surface area contributed by atoms with Crippen LogP contribution in [0.25, 0.3) is 0 Å². The normalized spacial score (nSPS) is 27.9. The Morgan fingerprint density at radius 1 is 1.19 bits per heavy atom. The van der Waals surface area contributed by atoms with E-state index in [1.807, 2.05) is 6.92 Å². The smallest absolute Gasteiger partial charge is 0.338 e. The zero-order valence-electron chi connectivity index (χ0n) is 11.7. The van der Waals surface area contributed by atoms with E-state index < -0.39 is 23.7 Å². The van der Waals surface area contributed by atoms with Gasteiger partial charge in [-0.3, -0.25) is 9.59 Å². The molecule has 21 heavy (non-hydrogen) atoms. The van der Waals surface area contributed by atoms with E-state index in [1.54, 1.807) is 19.1 Å². The highest BCUT2D eigenvalue weighted by molar-refractivity contribution is 6.20. The van der Waals surface area contributed by atoms with Crippen molar-refractivity contribution in [3.8, 4) is 0 Å². The van der Waals surface area contributed by atoms with Crippen molar-refractivity contribution in [2.24, 2.45) is 5.92 Å². The van der Waals surface area contributed by atoms with Crippen molar-refractivity contribution in [3.05, 3.63) is 35.4 Å². The molecule has 2 heterocycles. The lowest BCUT2D eigenvalue weighted by atomic mass is 10.0. The molecule has 1 saturated heterocycles. The molecule has 3 rings (SSSR count). The van der Waals surface area contributed by atoms with Crippen molar-refractivity contribution < 1.29 is 24.0 Å². The fourth-order valence-corrected chi connectivity index (χ4v) is 2.76. The number of rotatable bonds is 2. The van der Waals surface area contributed by atoms with Gasteiger partial charge in [-0.05, 0) is 32.4 Å². The van der Waals surface area contributed by atoms with Crippen LogP contribution in [0.5, 0.6) is 0 Å². The predicted molar refractivity (Wildman–Crippen MR) is 71.2 cm³/mol. The third-order valence-electron chi connectivity index (χ3n) is 3.84. The maximum Gasteiger partial charge on any atom is 0.338 e. The van der Waals surface area contributed by atoms with E-state index in [-0.39, 0.29) is 23.3 Å². The minimum Gasteiger partial charge on any atom is -0.375 e. The van der Waals surface area contributed by atoms with Gasteiger partial charge in [0.1, 0.15) is 0 Å². The molecule has 3 atom stereocenters. The van der Waals surface area contributed by atoms with Crippen molar-refractivity contribution in [1.82, 2.24) is 5.06 Å². The molecule has 110 valence electrons. The number of ether oxygens (including phenoxy) is 1. The largest absolute Gasteiger partial charge is 0.375 e. The number of imide groups is 1. The number of benzene rings is 1. The summed E-state index contributed by atoms with van der Waals surface area (Å²) in [6.07, 6.45) is 0.186. The Balaban J connectivity index is 1.76. The van der Waals surface area contributed by atoms with Gasteiger partial charge in [0.05, 0.1) is 29.3 Å². The first kappa shape index (κ1) is 13.8. The van der Waals surface area contributed by atoms with Gasteiger partial charge in [0.15, 0.2) is 0 Å². The highest BCUT2D eigenvalue weighted by atomic mass is 16.7. The number of hydrogen-bond donors (Lipinski definition) is 0. The van der Waals surface area contributed by atoms with Gasteiger partial charge in [-0.1, -0.05) is 17.2 Å². The molecule has 2 amide bonds. The Bertz CT molecular complexity index is 591. The Hall–Kier alpha value is -2.21. The minimum atomic E-state index is -0.610. The quantitative estimate of drug-likeness (QED) is 0.772. The average Bonchev–Trinajstić information content (AvgIpc) is 2.92. The Labute approximate surface area is 121 Å². The van der Waals surface area contributed by atoms with Gasteiger partial charge >= 0.3 is 5.97 Å². The summed E-state index contributed by atoms with van der Waals surface area (Å²) in [5, 5.41) is 0.544. The second-order valence-corrected chi connectivity index (χ2v) is 5.35. The fourth-order valence-electron chi connectivity index (χ4n) is 2.76. The number of hydroxylamine groups is 2. The molecule has 1 aromatic rings. The van der Waals surface area contributed by atoms with Gasteiger partial charge in [-0.25, -0.2) is 4.79 Å². The van der Waals surface area contributed by atoms with Crippen LogP contribution < -0.4 is 0 Å². The van der Waals surface area contributed by atoms with Crippen molar-refractivity contribution >= 4 is 17.8 Å². The molecule has 1 fully saturated rings. The highest BCUT2D eigenvalue weighted by Gasteiger charge is 2.42. The van der Waals surface area contributed by atoms with Crippen molar-refractivity contribution in [3.63, 3.8) is 0 Å². The zero-order valence-corrected chi connectivity index (χ0v) is 11.7. The summed E-state index contributed by atoms with van der Waals surface area (Å²) in [4.78, 5) is 41.4. The summed E-state index contributed by atoms with van der Waals surface area (Å²) in [5.41, 5.74) is 0.499. The topological polar surface area (TPSA) is 72.9 Å². The molecule has 1 aromatic carbocycles. The SMILES string of the molecule is CC1CC(C(=O)ON2C(=O)c3ccccc3C2=O)C(C)O1. The first-order valence-corrected chi connectivity index (χ1v) is 6.84. The van der Waals surface area contributed by atoms with Crippen molar-refractivity contribution in [2.45, 2.75) is 32.5 Å². The summed E-state index contributed by atoms with van der Waals surface area (Å²) in [6.45, 7) is 3.64. The number of amides is 2. The van der Waals surface area contributed by atoms with Crippen LogP contribution >= 0.6 is 0 Å². The van der Waals surface area contributed by atoms with Gasteiger partial charge in [0.25, 0.3) is 11.8 Å². The van der Waals surface area contributed by atoms with Gasteiger partial charge < -0.3 is 9.57 Å². The maximum atomic E-state index is 12.2. The molecule has 0 aromatic heterocycles. The molecule has 0 aliphatic carbocycles. The highest BCUT2D eigenvalue weighted by Crippen LogP contribution is 2.29. The first-order chi connectivity index (χ1) is 9.99. The van der Waals surface area contributed by atoms with E-state index in [9.17, 15) is 14.4 Å². The Kier molecular flexibility index (Phi) is 3.25. The first-order valence-electron chi connectivity index (χ1n) is 6.84. The van der Waals surface area contributed by atoms with E-state index in [0.29, 0.717) is 11.5 Å². The summed E-state index contributed by atoms with van der Waals surface area (Å²) in [7, 11) is 0. The molecule has 2 aliphatic rings. The molecule has 3 unspecified atom stereocenters. The van der Waals surface area contributed by atoms with Crippen LogP contribution in [0.2, 0.25) is 0 Å². The lowest BCUT2D eigenvalue weighted by Crippen LogP contribution is -2.36. The summed E-state index contributed by atoms with van der Waals surface area (Å²) in [6, 6.07) is 6.38. The van der Waals surface area contributed by atoms with Crippen LogP contribution in [0.1, 0.15) is 41.0 Å². The van der Waals surface area contributed by atoms with E-state index in [4.69, 9.17) is 9.57 Å². The van der Waals surface area contributed by atoms with Crippen LogP contribution in [-0.2, 0) is 14.4 Å². The molecule has 0 saturated carbocycles. The van der Waals surface area contributed by atoms with E-state index in [2.05, 4.69) is 0 Å². The summed E-state index contributed by atoms with van der Waals surface area (Å²) < 4.78 is 5.49. The zero-order chi connectivity index (χ0) is 15.1. The Morgan fingerprint density at radius 3 is 2.24 bits per heavy atom. The van der Waals surface area contributed by atoms with Gasteiger partial charge in [-0.15, -0.1) is 0 Å². The van der Waals surface area contributed by atoms with Crippen LogP contribution in [-0.4, -0.2) is 35.1 Å². The van der Waals surface area contributed by atoms with Crippen LogP contribution in [0.3, 0.4) is 0 Å². The molecule has 0 N–H and O–H groups in total. The number of nitrogens with zero attached hydrogens (tertiary/aromatic N) is 1. The molecule has 6 heteroatoms. The molecule has 0 radical (unpaired) electrons. The van der Waals surface area contributed by atoms with E-state index in [0.717, 1.165) is 0 Å². The molecular formula is C15H15NO5. The van der Waals surface area contributed by atoms with Crippen LogP contribution in [0, 0.1) is 5.92 Å². The lowest BCUT2D eigenvalue weighted by molar-refractivity contribution is -0.175. The second-order valence-electron chi connectivity index (χ2n) is 5.35. The van der Waals surface area contributed by atoms with Gasteiger partial charge in [0, 0.05) is 0 Å². The number of hydrogen-bond acceptors (Lipinski definition) is 5. The molecular weight excluding hydrogens is 274 g/mol. The minimum absolute atomic E-state index is 0.0419. The molecule has 2 aliphatic heterocycles. The van der Waals surface area contributed by atoms with Gasteiger partial charge in [0.2, 0.25) is 0 Å². The molecule has 6 nitrogen and oxygen atoms in total. The number of carbonyl (C=O) groups is 3. The van der Waals surface area contributed by atoms with Crippen molar-refractivity contribution in [2.75, 3.05) is 0 Å². The lowest BCUT2D eigenvalue weighted by Gasteiger charge is -2.17. The summed E-state index contributed by atoms with van der Waals surface area (Å²) in [5.74, 6) is -2.29. The molecule has 0 spiro atoms. The van der Waals surface area contributed by atoms with Crippen LogP contribution in [0.4, 0.5) is 0 Å². The Morgan fingerprint density at radius 2 is 1.76 bits per heavy atom. The van der Waals surface area contributed by atoms with E-state index in [1.165, 1.54) is 12.1 Å². The predicted octanol–water partition coefficient (Wildman–Crippen LogP) is 1.55. The standard InChI is InChI=1S/C15H15NO5/c1-8-7-12(9(2)20-8)15(19)21-16-13(17)10-5-3-4-6-11(10)14(16)18/h3-6,8-9,12H,7H2,1-2H3. The average molecular weight is 289 g/mol. The van der Waals surface area contributed by atoms with Crippen LogP contribution in [0.15, 0.2) is 24.3 Å². The second kappa shape index (κ2) is 4.96.